The lowest BCUT2D eigenvalue weighted by atomic mass is 9.93. The highest BCUT2D eigenvalue weighted by Gasteiger charge is 2.50. The summed E-state index contributed by atoms with van der Waals surface area (Å²) in [6, 6.07) is 39.3. The molecule has 1 aliphatic rings. The van der Waals surface area contributed by atoms with Gasteiger partial charge in [0, 0.05) is 13.0 Å². The number of halogens is 1. The van der Waals surface area contributed by atoms with E-state index < -0.39 is 29.9 Å². The maximum atomic E-state index is 13.7. The van der Waals surface area contributed by atoms with Gasteiger partial charge in [0.25, 0.3) is 0 Å². The van der Waals surface area contributed by atoms with Crippen LogP contribution in [-0.2, 0) is 50.1 Å². The van der Waals surface area contributed by atoms with E-state index in [0.29, 0.717) is 32.8 Å². The van der Waals surface area contributed by atoms with Crippen LogP contribution in [0.5, 0.6) is 0 Å². The molecule has 1 amide bonds. The van der Waals surface area contributed by atoms with Crippen molar-refractivity contribution in [3.8, 4) is 0 Å². The Morgan fingerprint density at radius 3 is 1.64 bits per heavy atom. The van der Waals surface area contributed by atoms with Gasteiger partial charge in [0.15, 0.2) is 5.56 Å². The maximum Gasteiger partial charge on any atom is 0.223 e. The van der Waals surface area contributed by atoms with Crippen LogP contribution in [-0.4, -0.2) is 47.3 Å². The van der Waals surface area contributed by atoms with Crippen LogP contribution < -0.4 is 0 Å². The number of hydrogen-bond acceptors (Lipinski definition) is 5. The average molecular weight is 614 g/mol. The van der Waals surface area contributed by atoms with Gasteiger partial charge in [0.2, 0.25) is 5.91 Å². The van der Waals surface area contributed by atoms with Gasteiger partial charge in [-0.15, -0.1) is 0 Å². The van der Waals surface area contributed by atoms with Crippen LogP contribution in [0.3, 0.4) is 0 Å². The number of carbonyl (C=O) groups excluding carboxylic acids is 1. The Morgan fingerprint density at radius 1 is 0.682 bits per heavy atom. The highest BCUT2D eigenvalue weighted by atomic mass is 35.5. The third kappa shape index (κ3) is 8.78. The summed E-state index contributed by atoms with van der Waals surface area (Å²) < 4.78 is 25.9. The van der Waals surface area contributed by atoms with E-state index in [0.717, 1.165) is 22.3 Å². The van der Waals surface area contributed by atoms with Gasteiger partial charge in [-0.25, -0.2) is 0 Å². The fraction of sp³-hybridized carbons (Fsp3) is 0.324. The number of rotatable bonds is 14. The molecule has 4 aromatic carbocycles. The fourth-order valence-electron chi connectivity index (χ4n) is 5.50. The fourth-order valence-corrected chi connectivity index (χ4v) is 5.85. The SMILES string of the molecule is CCC(=O)N(Cc1ccccc1)[C@H]1[C@H](OCc2ccccc2)[C@@H](OCc2ccccc2)[C@@H](Cl)O[C@@H]1COCc1ccccc1. The first-order valence-corrected chi connectivity index (χ1v) is 15.6. The largest absolute Gasteiger partial charge is 0.374 e. The molecule has 0 radical (unpaired) electrons. The molecule has 0 bridgehead atoms. The Bertz CT molecular complexity index is 1390. The zero-order valence-corrected chi connectivity index (χ0v) is 25.8. The highest BCUT2D eigenvalue weighted by molar-refractivity contribution is 6.20. The van der Waals surface area contributed by atoms with Crippen molar-refractivity contribution < 1.29 is 23.7 Å². The molecule has 0 N–H and O–H groups in total. The minimum atomic E-state index is -0.823. The third-order valence-electron chi connectivity index (χ3n) is 7.75. The number of nitrogens with zero attached hydrogens (tertiary/aromatic N) is 1. The minimum Gasteiger partial charge on any atom is -0.374 e. The first kappa shape index (κ1) is 31.9. The molecular weight excluding hydrogens is 574 g/mol. The molecule has 0 unspecified atom stereocenters. The second-order valence-corrected chi connectivity index (χ2v) is 11.3. The smallest absolute Gasteiger partial charge is 0.223 e. The monoisotopic (exact) mass is 613 g/mol. The first-order chi connectivity index (χ1) is 21.6. The van der Waals surface area contributed by atoms with Gasteiger partial charge in [-0.3, -0.25) is 4.79 Å². The Hall–Kier alpha value is -3.52. The molecule has 0 aliphatic carbocycles. The summed E-state index contributed by atoms with van der Waals surface area (Å²) in [4.78, 5) is 15.6. The predicted octanol–water partition coefficient (Wildman–Crippen LogP) is 7.15. The van der Waals surface area contributed by atoms with E-state index in [9.17, 15) is 4.79 Å². The van der Waals surface area contributed by atoms with Crippen LogP contribution in [0.1, 0.15) is 35.6 Å². The second-order valence-electron chi connectivity index (χ2n) is 10.9. The van der Waals surface area contributed by atoms with Gasteiger partial charge >= 0.3 is 0 Å². The maximum absolute atomic E-state index is 13.7. The van der Waals surface area contributed by atoms with Crippen molar-refractivity contribution >= 4 is 17.5 Å². The Morgan fingerprint density at radius 2 is 1.14 bits per heavy atom. The molecule has 5 atom stereocenters. The topological polar surface area (TPSA) is 57.2 Å². The number of alkyl halides is 1. The molecule has 1 saturated heterocycles. The predicted molar refractivity (Wildman–Crippen MR) is 172 cm³/mol. The summed E-state index contributed by atoms with van der Waals surface area (Å²) >= 11 is 6.97. The molecule has 0 aromatic heterocycles. The molecule has 5 rings (SSSR count). The molecule has 0 spiro atoms. The first-order valence-electron chi connectivity index (χ1n) is 15.2. The molecule has 7 heteroatoms. The van der Waals surface area contributed by atoms with Crippen LogP contribution in [0.4, 0.5) is 0 Å². The van der Waals surface area contributed by atoms with E-state index in [2.05, 4.69) is 0 Å². The number of hydrogen-bond donors (Lipinski definition) is 0. The van der Waals surface area contributed by atoms with E-state index >= 15 is 0 Å². The normalized spacial score (nSPS) is 21.5. The van der Waals surface area contributed by atoms with E-state index in [1.807, 2.05) is 133 Å². The zero-order valence-electron chi connectivity index (χ0n) is 25.0. The van der Waals surface area contributed by atoms with Crippen molar-refractivity contribution in [1.29, 1.82) is 0 Å². The minimum absolute atomic E-state index is 0.0151. The Balaban J connectivity index is 1.48. The summed E-state index contributed by atoms with van der Waals surface area (Å²) in [5.41, 5.74) is 3.26. The van der Waals surface area contributed by atoms with E-state index in [1.54, 1.807) is 0 Å². The van der Waals surface area contributed by atoms with Crippen molar-refractivity contribution in [3.63, 3.8) is 0 Å². The molecular formula is C37H40ClNO5. The summed E-state index contributed by atoms with van der Waals surface area (Å²) in [7, 11) is 0. The average Bonchev–Trinajstić information content (AvgIpc) is 3.07. The lowest BCUT2D eigenvalue weighted by Crippen LogP contribution is -2.65. The Labute approximate surface area is 265 Å². The lowest BCUT2D eigenvalue weighted by Gasteiger charge is -2.49. The summed E-state index contributed by atoms with van der Waals surface area (Å²) in [5, 5.41) is 0. The standard InChI is InChI=1S/C37H40ClNO5/c1-2-33(40)39(23-28-15-7-3-8-16-28)34-32(27-41-24-29-17-9-4-10-18-29)44-37(38)36(43-26-31-21-13-6-14-22-31)35(34)42-25-30-19-11-5-12-20-30/h3-22,32,34-37H,2,23-27H2,1H3/t32-,34-,35+,36-,37+/m1/s1. The second kappa shape index (κ2) is 16.5. The van der Waals surface area contributed by atoms with Gasteiger partial charge in [0.05, 0.1) is 32.5 Å². The van der Waals surface area contributed by atoms with Crippen LogP contribution >= 0.6 is 11.6 Å². The molecule has 1 fully saturated rings. The van der Waals surface area contributed by atoms with Crippen LogP contribution in [0.25, 0.3) is 0 Å². The number of carbonyl (C=O) groups is 1. The van der Waals surface area contributed by atoms with Gasteiger partial charge < -0.3 is 23.8 Å². The van der Waals surface area contributed by atoms with Gasteiger partial charge in [0.1, 0.15) is 18.3 Å². The molecule has 230 valence electrons. The lowest BCUT2D eigenvalue weighted by molar-refractivity contribution is -0.229. The van der Waals surface area contributed by atoms with Crippen LogP contribution in [0.2, 0.25) is 0 Å². The number of amides is 1. The number of benzene rings is 4. The van der Waals surface area contributed by atoms with Crippen molar-refractivity contribution in [2.45, 2.75) is 69.6 Å². The number of ether oxygens (including phenoxy) is 4. The van der Waals surface area contributed by atoms with Crippen molar-refractivity contribution in [2.24, 2.45) is 0 Å². The van der Waals surface area contributed by atoms with E-state index in [4.69, 9.17) is 30.5 Å². The Kier molecular flexibility index (Phi) is 12.0. The quantitative estimate of drug-likeness (QED) is 0.141. The highest BCUT2D eigenvalue weighted by Crippen LogP contribution is 2.34. The summed E-state index contributed by atoms with van der Waals surface area (Å²) in [5.74, 6) is -0.0151. The summed E-state index contributed by atoms with van der Waals surface area (Å²) in [6.45, 7) is 3.55. The zero-order chi connectivity index (χ0) is 30.6. The van der Waals surface area contributed by atoms with Gasteiger partial charge in [-0.05, 0) is 22.3 Å². The molecule has 4 aromatic rings. The van der Waals surface area contributed by atoms with Crippen molar-refractivity contribution in [3.05, 3.63) is 144 Å². The molecule has 44 heavy (non-hydrogen) atoms. The molecule has 1 aliphatic heterocycles. The van der Waals surface area contributed by atoms with Gasteiger partial charge in [-0.1, -0.05) is 140 Å². The third-order valence-corrected chi connectivity index (χ3v) is 8.10. The van der Waals surface area contributed by atoms with E-state index in [1.165, 1.54) is 0 Å². The van der Waals surface area contributed by atoms with Crippen molar-refractivity contribution in [2.75, 3.05) is 6.61 Å². The van der Waals surface area contributed by atoms with Crippen LogP contribution in [0.15, 0.2) is 121 Å². The van der Waals surface area contributed by atoms with Crippen LogP contribution in [0, 0.1) is 0 Å². The molecule has 0 saturated carbocycles. The molecule has 6 nitrogen and oxygen atoms in total. The molecule has 1 heterocycles. The van der Waals surface area contributed by atoms with E-state index in [-0.39, 0.29) is 12.5 Å². The van der Waals surface area contributed by atoms with Gasteiger partial charge in [-0.2, -0.15) is 0 Å². The van der Waals surface area contributed by atoms with Crippen molar-refractivity contribution in [1.82, 2.24) is 4.90 Å². The summed E-state index contributed by atoms with van der Waals surface area (Å²) in [6.07, 6.45) is -1.48.